The standard InChI is InChI=1S/C31H36ClN3O2/c32-29-18-22(7-12-30(29)37-28-10-11-28)17-26(21-34-14-3-4-15-34)33-31(36)25-13-16-35(20-25)27-9-8-23-5-1-2-6-24(23)19-27/h1-2,5-9,12,18-19,25-26,28H,3-4,10-11,13-17,20-21H2,(H,33,36)/p-1/t25-,26?/m1/s1. The summed E-state index contributed by atoms with van der Waals surface area (Å²) in [4.78, 5) is 9.60. The summed E-state index contributed by atoms with van der Waals surface area (Å²) in [6, 6.07) is 21.0. The third kappa shape index (κ3) is 6.05. The molecule has 0 aromatic heterocycles. The van der Waals surface area contributed by atoms with Crippen LogP contribution in [0.25, 0.3) is 10.8 Å². The molecule has 0 spiro atoms. The Bertz CT molecular complexity index is 1270. The summed E-state index contributed by atoms with van der Waals surface area (Å²) >= 11 is 6.54. The molecule has 3 aromatic rings. The zero-order valence-corrected chi connectivity index (χ0v) is 22.1. The summed E-state index contributed by atoms with van der Waals surface area (Å²) < 4.78 is 5.90. The van der Waals surface area contributed by atoms with E-state index in [1.54, 1.807) is 0 Å². The van der Waals surface area contributed by atoms with Crippen LogP contribution in [0.1, 0.15) is 37.7 Å². The summed E-state index contributed by atoms with van der Waals surface area (Å²) in [6.45, 7) is 4.63. The van der Waals surface area contributed by atoms with E-state index in [0.29, 0.717) is 17.5 Å². The lowest BCUT2D eigenvalue weighted by Gasteiger charge is -2.26. The Kier molecular flexibility index (Phi) is 7.25. The molecule has 3 aliphatic rings. The first-order valence-electron chi connectivity index (χ1n) is 13.8. The van der Waals surface area contributed by atoms with Gasteiger partial charge in [0.2, 0.25) is 0 Å². The van der Waals surface area contributed by atoms with Gasteiger partial charge in [-0.3, -0.25) is 0 Å². The maximum Gasteiger partial charge on any atom is 0.138 e. The summed E-state index contributed by atoms with van der Waals surface area (Å²) in [5, 5.41) is 16.5. The van der Waals surface area contributed by atoms with Gasteiger partial charge in [-0.25, -0.2) is 0 Å². The van der Waals surface area contributed by atoms with Gasteiger partial charge in [0.1, 0.15) is 5.75 Å². The van der Waals surface area contributed by atoms with Crippen LogP contribution in [-0.4, -0.2) is 55.7 Å². The minimum atomic E-state index is -0.0633. The molecule has 3 fully saturated rings. The average Bonchev–Trinajstić information content (AvgIpc) is 3.34. The molecule has 1 saturated carbocycles. The van der Waals surface area contributed by atoms with Gasteiger partial charge in [-0.15, -0.1) is 0 Å². The number of aliphatic imine (C=N–C) groups is 1. The monoisotopic (exact) mass is 516 g/mol. The first kappa shape index (κ1) is 24.6. The molecule has 2 aliphatic heterocycles. The van der Waals surface area contributed by atoms with Crippen LogP contribution in [0.3, 0.4) is 0 Å². The number of fused-ring (bicyclic) bond motifs is 1. The van der Waals surface area contributed by atoms with Crippen molar-refractivity contribution >= 4 is 34.0 Å². The average molecular weight is 517 g/mol. The van der Waals surface area contributed by atoms with Crippen LogP contribution in [0.15, 0.2) is 65.7 Å². The van der Waals surface area contributed by atoms with Crippen molar-refractivity contribution in [1.29, 1.82) is 0 Å². The van der Waals surface area contributed by atoms with E-state index < -0.39 is 0 Å². The van der Waals surface area contributed by atoms with Crippen molar-refractivity contribution in [2.24, 2.45) is 10.9 Å². The third-order valence-corrected chi connectivity index (χ3v) is 8.19. The lowest BCUT2D eigenvalue weighted by Crippen LogP contribution is -2.36. The number of rotatable bonds is 9. The van der Waals surface area contributed by atoms with Crippen LogP contribution < -0.4 is 14.7 Å². The Morgan fingerprint density at radius 2 is 1.78 bits per heavy atom. The lowest BCUT2D eigenvalue weighted by molar-refractivity contribution is -0.223. The zero-order valence-electron chi connectivity index (χ0n) is 21.3. The molecular weight excluding hydrogens is 482 g/mol. The predicted octanol–water partition coefficient (Wildman–Crippen LogP) is 5.33. The molecule has 0 amide bonds. The molecule has 2 saturated heterocycles. The summed E-state index contributed by atoms with van der Waals surface area (Å²) in [7, 11) is 0. The Labute approximate surface area is 224 Å². The molecule has 0 radical (unpaired) electrons. The molecule has 0 bridgehead atoms. The number of anilines is 1. The van der Waals surface area contributed by atoms with E-state index in [2.05, 4.69) is 58.3 Å². The molecule has 0 N–H and O–H groups in total. The number of likely N-dealkylation sites (tertiary alicyclic amines) is 1. The summed E-state index contributed by atoms with van der Waals surface area (Å²) in [6.07, 6.45) is 6.55. The Morgan fingerprint density at radius 3 is 2.57 bits per heavy atom. The predicted molar refractivity (Wildman–Crippen MR) is 150 cm³/mol. The van der Waals surface area contributed by atoms with Crippen molar-refractivity contribution in [3.63, 3.8) is 0 Å². The van der Waals surface area contributed by atoms with Crippen LogP contribution >= 0.6 is 11.6 Å². The number of ether oxygens (including phenoxy) is 1. The highest BCUT2D eigenvalue weighted by Crippen LogP contribution is 2.33. The second-order valence-electron chi connectivity index (χ2n) is 10.9. The van der Waals surface area contributed by atoms with Gasteiger partial charge >= 0.3 is 0 Å². The number of nitrogens with zero attached hydrogens (tertiary/aromatic N) is 3. The summed E-state index contributed by atoms with van der Waals surface area (Å²) in [5.74, 6) is 0.759. The lowest BCUT2D eigenvalue weighted by atomic mass is 10.0. The SMILES string of the molecule is [O-]C(=NC(Cc1ccc(OC2CC2)c(Cl)c1)CN1CCCC1)[C@@H]1CCN(c2ccc3ccccc3c2)C1. The minimum absolute atomic E-state index is 0.0484. The van der Waals surface area contributed by atoms with Crippen LogP contribution in [0.2, 0.25) is 5.02 Å². The Morgan fingerprint density at radius 1 is 0.973 bits per heavy atom. The van der Waals surface area contributed by atoms with Crippen molar-refractivity contribution < 1.29 is 9.84 Å². The molecule has 5 nitrogen and oxygen atoms in total. The number of benzene rings is 3. The molecule has 1 aliphatic carbocycles. The topological polar surface area (TPSA) is 51.1 Å². The Balaban J connectivity index is 1.15. The fourth-order valence-corrected chi connectivity index (χ4v) is 5.92. The van der Waals surface area contributed by atoms with Crippen LogP contribution in [-0.2, 0) is 6.42 Å². The maximum absolute atomic E-state index is 13.4. The number of hydrogen-bond donors (Lipinski definition) is 0. The highest BCUT2D eigenvalue weighted by Gasteiger charge is 2.26. The van der Waals surface area contributed by atoms with Gasteiger partial charge in [0, 0.05) is 31.2 Å². The second-order valence-corrected chi connectivity index (χ2v) is 11.3. The smallest absolute Gasteiger partial charge is 0.138 e. The fraction of sp³-hybridized carbons (Fsp3) is 0.452. The van der Waals surface area contributed by atoms with E-state index in [4.69, 9.17) is 21.3 Å². The molecule has 2 atom stereocenters. The molecule has 1 unspecified atom stereocenters. The van der Waals surface area contributed by atoms with Gasteiger partial charge in [0.05, 0.1) is 17.2 Å². The van der Waals surface area contributed by atoms with E-state index in [0.717, 1.165) is 63.3 Å². The highest BCUT2D eigenvalue weighted by atomic mass is 35.5. The largest absolute Gasteiger partial charge is 0.862 e. The molecular formula is C31H35ClN3O2-. The zero-order chi connectivity index (χ0) is 25.2. The molecule has 6 rings (SSSR count). The first-order valence-corrected chi connectivity index (χ1v) is 14.1. The van der Waals surface area contributed by atoms with E-state index in [9.17, 15) is 5.11 Å². The fourth-order valence-electron chi connectivity index (χ4n) is 5.67. The van der Waals surface area contributed by atoms with Gasteiger partial charge in [-0.05, 0) is 98.1 Å². The van der Waals surface area contributed by atoms with Crippen LogP contribution in [0.4, 0.5) is 5.69 Å². The van der Waals surface area contributed by atoms with Crippen LogP contribution in [0.5, 0.6) is 5.75 Å². The van der Waals surface area contributed by atoms with Crippen molar-refractivity contribution in [2.45, 2.75) is 50.7 Å². The normalized spacial score (nSPS) is 21.6. The van der Waals surface area contributed by atoms with Gasteiger partial charge < -0.3 is 24.6 Å². The van der Waals surface area contributed by atoms with Crippen LogP contribution in [0, 0.1) is 5.92 Å². The van der Waals surface area contributed by atoms with Crippen molar-refractivity contribution in [1.82, 2.24) is 4.90 Å². The van der Waals surface area contributed by atoms with E-state index >= 15 is 0 Å². The van der Waals surface area contributed by atoms with Crippen molar-refractivity contribution in [2.75, 3.05) is 37.6 Å². The van der Waals surface area contributed by atoms with E-state index in [1.165, 1.54) is 29.3 Å². The van der Waals surface area contributed by atoms with Crippen molar-refractivity contribution in [3.8, 4) is 5.75 Å². The summed E-state index contributed by atoms with van der Waals surface area (Å²) in [5.41, 5.74) is 2.30. The second kappa shape index (κ2) is 10.9. The Hall–Kier alpha value is -2.76. The molecule has 3 aromatic carbocycles. The van der Waals surface area contributed by atoms with Gasteiger partial charge in [0.15, 0.2) is 0 Å². The third-order valence-electron chi connectivity index (χ3n) is 7.90. The first-order chi connectivity index (χ1) is 18.1. The minimum Gasteiger partial charge on any atom is -0.862 e. The quantitative estimate of drug-likeness (QED) is 0.285. The molecule has 6 heteroatoms. The van der Waals surface area contributed by atoms with Crippen molar-refractivity contribution in [3.05, 3.63) is 71.2 Å². The molecule has 194 valence electrons. The molecule has 2 heterocycles. The van der Waals surface area contributed by atoms with Gasteiger partial charge in [-0.1, -0.05) is 48.0 Å². The highest BCUT2D eigenvalue weighted by molar-refractivity contribution is 6.32. The number of halogens is 1. The van der Waals surface area contributed by atoms with Gasteiger partial charge in [0.25, 0.3) is 0 Å². The molecule has 37 heavy (non-hydrogen) atoms. The number of hydrogen-bond acceptors (Lipinski definition) is 5. The van der Waals surface area contributed by atoms with E-state index in [1.807, 2.05) is 12.1 Å². The van der Waals surface area contributed by atoms with E-state index in [-0.39, 0.29) is 17.9 Å². The maximum atomic E-state index is 13.4. The van der Waals surface area contributed by atoms with Gasteiger partial charge in [-0.2, -0.15) is 0 Å².